The van der Waals surface area contributed by atoms with Crippen LogP contribution in [0.15, 0.2) is 16.7 Å². The summed E-state index contributed by atoms with van der Waals surface area (Å²) in [6.07, 6.45) is 4.78. The molecule has 1 aliphatic heterocycles. The summed E-state index contributed by atoms with van der Waals surface area (Å²) in [5.74, 6) is 0.466. The van der Waals surface area contributed by atoms with Gasteiger partial charge in [-0.1, -0.05) is 6.92 Å². The van der Waals surface area contributed by atoms with Crippen molar-refractivity contribution in [2.75, 3.05) is 19.7 Å². The molecule has 1 fully saturated rings. The van der Waals surface area contributed by atoms with Gasteiger partial charge in [-0.15, -0.1) is 0 Å². The fraction of sp³-hybridized carbons (Fsp3) is 0.643. The Labute approximate surface area is 122 Å². The molecule has 0 radical (unpaired) electrons. The van der Waals surface area contributed by atoms with E-state index in [0.717, 1.165) is 49.1 Å². The molecule has 0 atom stereocenters. The van der Waals surface area contributed by atoms with E-state index in [2.05, 4.69) is 22.9 Å². The van der Waals surface area contributed by atoms with E-state index in [0.29, 0.717) is 5.92 Å². The summed E-state index contributed by atoms with van der Waals surface area (Å²) < 4.78 is 2.97. The van der Waals surface area contributed by atoms with Crippen molar-refractivity contribution in [1.82, 2.24) is 9.47 Å². The van der Waals surface area contributed by atoms with Crippen molar-refractivity contribution in [2.24, 2.45) is 5.92 Å². The third-order valence-electron chi connectivity index (χ3n) is 3.71. The molecule has 2 heterocycles. The number of carbonyl (C=O) groups excluding carboxylic acids is 1. The molecule has 106 valence electrons. The number of hydrogen-bond acceptors (Lipinski definition) is 2. The first-order valence-electron chi connectivity index (χ1n) is 6.91. The van der Waals surface area contributed by atoms with Crippen molar-refractivity contribution in [3.05, 3.63) is 22.4 Å². The van der Waals surface area contributed by atoms with Crippen LogP contribution in [-0.4, -0.2) is 40.2 Å². The van der Waals surface area contributed by atoms with Crippen molar-refractivity contribution in [2.45, 2.75) is 32.7 Å². The third-order valence-corrected chi connectivity index (χ3v) is 4.14. The van der Waals surface area contributed by atoms with Gasteiger partial charge in [0.2, 0.25) is 0 Å². The highest BCUT2D eigenvalue weighted by atomic mass is 79.9. The minimum absolute atomic E-state index is 0.107. The van der Waals surface area contributed by atoms with Crippen LogP contribution in [0.3, 0.4) is 0 Å². The molecule has 1 aliphatic rings. The first kappa shape index (κ1) is 14.6. The summed E-state index contributed by atoms with van der Waals surface area (Å²) >= 11 is 3.44. The van der Waals surface area contributed by atoms with Gasteiger partial charge in [0, 0.05) is 36.9 Å². The molecule has 4 nitrogen and oxygen atoms in total. The Kier molecular flexibility index (Phi) is 5.05. The minimum Gasteiger partial charge on any atom is -0.396 e. The van der Waals surface area contributed by atoms with E-state index in [1.165, 1.54) is 0 Å². The molecule has 19 heavy (non-hydrogen) atoms. The largest absolute Gasteiger partial charge is 0.396 e. The van der Waals surface area contributed by atoms with Gasteiger partial charge in [-0.25, -0.2) is 0 Å². The highest BCUT2D eigenvalue weighted by Crippen LogP contribution is 2.21. The van der Waals surface area contributed by atoms with E-state index >= 15 is 0 Å². The van der Waals surface area contributed by atoms with Gasteiger partial charge < -0.3 is 14.6 Å². The molecule has 0 saturated carbocycles. The van der Waals surface area contributed by atoms with Crippen LogP contribution in [0, 0.1) is 5.92 Å². The summed E-state index contributed by atoms with van der Waals surface area (Å²) in [5.41, 5.74) is 0.760. The lowest BCUT2D eigenvalue weighted by atomic mass is 9.98. The molecule has 0 aromatic carbocycles. The summed E-state index contributed by atoms with van der Waals surface area (Å²) in [6.45, 7) is 4.70. The molecule has 2 rings (SSSR count). The van der Waals surface area contributed by atoms with E-state index in [9.17, 15) is 4.79 Å². The molecular weight excluding hydrogens is 308 g/mol. The second-order valence-electron chi connectivity index (χ2n) is 5.16. The van der Waals surface area contributed by atoms with Crippen molar-refractivity contribution in [1.29, 1.82) is 0 Å². The number of piperidine rings is 1. The Hall–Kier alpha value is -0.810. The molecule has 1 N–H and O–H groups in total. The van der Waals surface area contributed by atoms with Gasteiger partial charge in [-0.05, 0) is 47.2 Å². The van der Waals surface area contributed by atoms with Crippen LogP contribution in [0.25, 0.3) is 0 Å². The molecular formula is C14H21BrN2O2. The average molecular weight is 329 g/mol. The SMILES string of the molecule is CCCn1cc(Br)cc1C(=O)N1CCC(CO)CC1. The lowest BCUT2D eigenvalue weighted by Crippen LogP contribution is -2.40. The number of carbonyl (C=O) groups is 1. The number of hydrogen-bond donors (Lipinski definition) is 1. The summed E-state index contributed by atoms with van der Waals surface area (Å²) in [7, 11) is 0. The standard InChI is InChI=1S/C14H21BrN2O2/c1-2-5-17-9-12(15)8-13(17)14(19)16-6-3-11(10-18)4-7-16/h8-9,11,18H,2-7,10H2,1H3. The van der Waals surface area contributed by atoms with Gasteiger partial charge in [0.05, 0.1) is 0 Å². The Morgan fingerprint density at radius 2 is 2.16 bits per heavy atom. The molecule has 1 amide bonds. The fourth-order valence-corrected chi connectivity index (χ4v) is 3.02. The first-order valence-corrected chi connectivity index (χ1v) is 7.70. The Balaban J connectivity index is 2.07. The number of aliphatic hydroxyl groups excluding tert-OH is 1. The molecule has 0 bridgehead atoms. The van der Waals surface area contributed by atoms with Crippen molar-refractivity contribution >= 4 is 21.8 Å². The number of aromatic nitrogens is 1. The lowest BCUT2D eigenvalue weighted by Gasteiger charge is -2.31. The number of aliphatic hydroxyl groups is 1. The predicted molar refractivity (Wildman–Crippen MR) is 78.1 cm³/mol. The monoisotopic (exact) mass is 328 g/mol. The van der Waals surface area contributed by atoms with E-state index in [1.54, 1.807) is 0 Å². The summed E-state index contributed by atoms with van der Waals surface area (Å²) in [5, 5.41) is 9.14. The third kappa shape index (κ3) is 3.39. The van der Waals surface area contributed by atoms with Crippen LogP contribution in [0.5, 0.6) is 0 Å². The van der Waals surface area contributed by atoms with Crippen LogP contribution in [0.4, 0.5) is 0 Å². The van der Waals surface area contributed by atoms with Crippen LogP contribution < -0.4 is 0 Å². The van der Waals surface area contributed by atoms with Gasteiger partial charge >= 0.3 is 0 Å². The summed E-state index contributed by atoms with van der Waals surface area (Å²) in [4.78, 5) is 14.4. The molecule has 1 aromatic heterocycles. The maximum Gasteiger partial charge on any atom is 0.270 e. The predicted octanol–water partition coefficient (Wildman–Crippen LogP) is 2.51. The Morgan fingerprint density at radius 3 is 2.74 bits per heavy atom. The van der Waals surface area contributed by atoms with Crippen LogP contribution in [0.1, 0.15) is 36.7 Å². The lowest BCUT2D eigenvalue weighted by molar-refractivity contribution is 0.0640. The zero-order chi connectivity index (χ0) is 13.8. The number of rotatable bonds is 4. The van der Waals surface area contributed by atoms with Crippen LogP contribution in [0.2, 0.25) is 0 Å². The van der Waals surface area contributed by atoms with Crippen LogP contribution in [-0.2, 0) is 6.54 Å². The van der Waals surface area contributed by atoms with E-state index in [-0.39, 0.29) is 12.5 Å². The van der Waals surface area contributed by atoms with Gasteiger partial charge in [-0.3, -0.25) is 4.79 Å². The smallest absolute Gasteiger partial charge is 0.270 e. The van der Waals surface area contributed by atoms with Crippen molar-refractivity contribution in [3.8, 4) is 0 Å². The zero-order valence-corrected chi connectivity index (χ0v) is 12.9. The topological polar surface area (TPSA) is 45.5 Å². The molecule has 0 spiro atoms. The quantitative estimate of drug-likeness (QED) is 0.923. The average Bonchev–Trinajstić information content (AvgIpc) is 2.79. The van der Waals surface area contributed by atoms with E-state index in [4.69, 9.17) is 5.11 Å². The van der Waals surface area contributed by atoms with Gasteiger partial charge in [0.25, 0.3) is 5.91 Å². The second-order valence-corrected chi connectivity index (χ2v) is 6.07. The fourth-order valence-electron chi connectivity index (χ4n) is 2.56. The maximum atomic E-state index is 12.5. The molecule has 0 unspecified atom stereocenters. The zero-order valence-electron chi connectivity index (χ0n) is 11.3. The number of aryl methyl sites for hydroxylation is 1. The number of halogens is 1. The maximum absolute atomic E-state index is 12.5. The highest BCUT2D eigenvalue weighted by Gasteiger charge is 2.25. The van der Waals surface area contributed by atoms with E-state index < -0.39 is 0 Å². The highest BCUT2D eigenvalue weighted by molar-refractivity contribution is 9.10. The number of likely N-dealkylation sites (tertiary alicyclic amines) is 1. The van der Waals surface area contributed by atoms with Crippen molar-refractivity contribution < 1.29 is 9.90 Å². The van der Waals surface area contributed by atoms with Gasteiger partial charge in [-0.2, -0.15) is 0 Å². The minimum atomic E-state index is 0.107. The van der Waals surface area contributed by atoms with Gasteiger partial charge in [0.15, 0.2) is 0 Å². The normalized spacial score (nSPS) is 16.9. The van der Waals surface area contributed by atoms with Crippen molar-refractivity contribution in [3.63, 3.8) is 0 Å². The first-order chi connectivity index (χ1) is 9.15. The number of amides is 1. The Morgan fingerprint density at radius 1 is 1.47 bits per heavy atom. The second kappa shape index (κ2) is 6.57. The molecule has 5 heteroatoms. The molecule has 0 aliphatic carbocycles. The molecule has 1 aromatic rings. The van der Waals surface area contributed by atoms with Gasteiger partial charge in [0.1, 0.15) is 5.69 Å². The Bertz CT molecular complexity index is 437. The van der Waals surface area contributed by atoms with Crippen LogP contribution >= 0.6 is 15.9 Å². The van der Waals surface area contributed by atoms with E-state index in [1.807, 2.05) is 21.7 Å². The summed E-state index contributed by atoms with van der Waals surface area (Å²) in [6, 6.07) is 1.90. The number of nitrogens with zero attached hydrogens (tertiary/aromatic N) is 2. The molecule has 1 saturated heterocycles.